The van der Waals surface area contributed by atoms with Gasteiger partial charge in [0.15, 0.2) is 6.10 Å². The van der Waals surface area contributed by atoms with Gasteiger partial charge < -0.3 is 14.2 Å². The van der Waals surface area contributed by atoms with Gasteiger partial charge in [-0.2, -0.15) is 0 Å². The van der Waals surface area contributed by atoms with Crippen LogP contribution in [0.4, 0.5) is 0 Å². The third-order valence-electron chi connectivity index (χ3n) is 13.2. The Hall–Kier alpha value is -3.15. The van der Waals surface area contributed by atoms with Crippen LogP contribution >= 0.6 is 0 Å². The van der Waals surface area contributed by atoms with Crippen molar-refractivity contribution in [1.82, 2.24) is 0 Å². The second-order valence-electron chi connectivity index (χ2n) is 20.3. The average Bonchev–Trinajstić information content (AvgIpc) is 3.37. The van der Waals surface area contributed by atoms with E-state index in [1.165, 1.54) is 193 Å². The molecule has 0 aromatic rings. The highest BCUT2D eigenvalue weighted by atomic mass is 16.6. The molecule has 0 unspecified atom stereocenters. The van der Waals surface area contributed by atoms with Gasteiger partial charge in [0.1, 0.15) is 13.2 Å². The number of allylic oxidation sites excluding steroid dienone is 12. The summed E-state index contributed by atoms with van der Waals surface area (Å²) in [5.41, 5.74) is 0. The first-order valence-electron chi connectivity index (χ1n) is 30.4. The number of ether oxygens (including phenoxy) is 3. The van der Waals surface area contributed by atoms with Gasteiger partial charge in [-0.15, -0.1) is 0 Å². The molecule has 0 aliphatic rings. The SMILES string of the molecule is CCCCC/C=C\C/C=C\C/C=C\C/C=C\C/C=C\CCC(=O)O[C@H](COC(=O)CCCCCCCCCCC/C=C\CCCCCCCC)COC(=O)CCCCCCCCCCCCCCCCC. The van der Waals surface area contributed by atoms with Crippen LogP contribution in [0.3, 0.4) is 0 Å². The zero-order valence-corrected chi connectivity index (χ0v) is 47.0. The van der Waals surface area contributed by atoms with E-state index in [4.69, 9.17) is 14.2 Å². The fourth-order valence-electron chi connectivity index (χ4n) is 8.60. The number of hydrogen-bond donors (Lipinski definition) is 0. The minimum Gasteiger partial charge on any atom is -0.462 e. The van der Waals surface area contributed by atoms with Crippen LogP contribution in [0.25, 0.3) is 0 Å². The summed E-state index contributed by atoms with van der Waals surface area (Å²) >= 11 is 0. The maximum atomic E-state index is 12.8. The number of unbranched alkanes of at least 4 members (excludes halogenated alkanes) is 32. The van der Waals surface area contributed by atoms with Gasteiger partial charge in [-0.25, -0.2) is 0 Å². The van der Waals surface area contributed by atoms with Gasteiger partial charge in [0, 0.05) is 19.3 Å². The van der Waals surface area contributed by atoms with Gasteiger partial charge in [0.25, 0.3) is 0 Å². The lowest BCUT2D eigenvalue weighted by Gasteiger charge is -2.18. The van der Waals surface area contributed by atoms with E-state index in [1.54, 1.807) is 0 Å². The van der Waals surface area contributed by atoms with Crippen LogP contribution in [0.15, 0.2) is 72.9 Å². The Morgan fingerprint density at radius 2 is 0.535 bits per heavy atom. The Bertz CT molecular complexity index is 1320. The predicted molar refractivity (Wildman–Crippen MR) is 307 cm³/mol. The summed E-state index contributed by atoms with van der Waals surface area (Å²) in [6.45, 7) is 6.58. The van der Waals surface area contributed by atoms with Crippen molar-refractivity contribution < 1.29 is 28.6 Å². The van der Waals surface area contributed by atoms with Crippen molar-refractivity contribution in [3.05, 3.63) is 72.9 Å². The van der Waals surface area contributed by atoms with E-state index in [-0.39, 0.29) is 37.5 Å². The van der Waals surface area contributed by atoms with Crippen molar-refractivity contribution in [1.29, 1.82) is 0 Å². The first kappa shape index (κ1) is 67.8. The van der Waals surface area contributed by atoms with Crippen LogP contribution in [-0.4, -0.2) is 37.2 Å². The topological polar surface area (TPSA) is 78.9 Å². The van der Waals surface area contributed by atoms with E-state index in [0.717, 1.165) is 64.2 Å². The number of rotatable bonds is 55. The molecule has 6 nitrogen and oxygen atoms in total. The van der Waals surface area contributed by atoms with Crippen LogP contribution in [0.1, 0.15) is 303 Å². The van der Waals surface area contributed by atoms with Crippen molar-refractivity contribution in [3.8, 4) is 0 Å². The summed E-state index contributed by atoms with van der Waals surface area (Å²) in [7, 11) is 0. The first-order valence-corrected chi connectivity index (χ1v) is 30.4. The minimum absolute atomic E-state index is 0.103. The molecule has 1 atom stereocenters. The van der Waals surface area contributed by atoms with Crippen molar-refractivity contribution in [3.63, 3.8) is 0 Å². The summed E-state index contributed by atoms with van der Waals surface area (Å²) in [5, 5.41) is 0. The van der Waals surface area contributed by atoms with E-state index in [9.17, 15) is 14.4 Å². The monoisotopic (exact) mass is 991 g/mol. The molecule has 71 heavy (non-hydrogen) atoms. The molecule has 0 spiro atoms. The number of carbonyl (C=O) groups is 3. The van der Waals surface area contributed by atoms with E-state index < -0.39 is 6.10 Å². The van der Waals surface area contributed by atoms with Gasteiger partial charge in [0.2, 0.25) is 0 Å². The Balaban J connectivity index is 4.46. The van der Waals surface area contributed by atoms with Crippen LogP contribution in [0.5, 0.6) is 0 Å². The van der Waals surface area contributed by atoms with E-state index in [0.29, 0.717) is 19.3 Å². The smallest absolute Gasteiger partial charge is 0.306 e. The normalized spacial score (nSPS) is 12.5. The third-order valence-corrected chi connectivity index (χ3v) is 13.2. The molecule has 0 aliphatic heterocycles. The molecule has 0 fully saturated rings. The van der Waals surface area contributed by atoms with Crippen molar-refractivity contribution in [2.24, 2.45) is 0 Å². The first-order chi connectivity index (χ1) is 35.0. The lowest BCUT2D eigenvalue weighted by atomic mass is 10.0. The van der Waals surface area contributed by atoms with E-state index in [1.807, 2.05) is 6.08 Å². The molecule has 0 aromatic heterocycles. The van der Waals surface area contributed by atoms with Gasteiger partial charge >= 0.3 is 17.9 Å². The van der Waals surface area contributed by atoms with E-state index >= 15 is 0 Å². The van der Waals surface area contributed by atoms with Crippen molar-refractivity contribution >= 4 is 17.9 Å². The zero-order chi connectivity index (χ0) is 51.4. The van der Waals surface area contributed by atoms with Gasteiger partial charge in [0.05, 0.1) is 0 Å². The lowest BCUT2D eigenvalue weighted by molar-refractivity contribution is -0.166. The van der Waals surface area contributed by atoms with Gasteiger partial charge in [-0.1, -0.05) is 273 Å². The highest BCUT2D eigenvalue weighted by Crippen LogP contribution is 2.16. The Morgan fingerprint density at radius 3 is 0.887 bits per heavy atom. The number of carbonyl (C=O) groups excluding carboxylic acids is 3. The van der Waals surface area contributed by atoms with Gasteiger partial charge in [-0.05, 0) is 83.5 Å². The highest BCUT2D eigenvalue weighted by Gasteiger charge is 2.19. The fourth-order valence-corrected chi connectivity index (χ4v) is 8.60. The summed E-state index contributed by atoms with van der Waals surface area (Å²) in [6, 6.07) is 0. The Morgan fingerprint density at radius 1 is 0.282 bits per heavy atom. The lowest BCUT2D eigenvalue weighted by Crippen LogP contribution is -2.30. The Labute approximate surface area is 440 Å². The highest BCUT2D eigenvalue weighted by molar-refractivity contribution is 5.71. The predicted octanol–water partition coefficient (Wildman–Crippen LogP) is 20.5. The minimum atomic E-state index is -0.815. The molecule has 0 aliphatic carbocycles. The molecule has 6 heteroatoms. The average molecular weight is 992 g/mol. The zero-order valence-electron chi connectivity index (χ0n) is 47.0. The third kappa shape index (κ3) is 57.6. The molecule has 0 saturated carbocycles. The second-order valence-corrected chi connectivity index (χ2v) is 20.3. The quantitative estimate of drug-likeness (QED) is 0.0261. The summed E-state index contributed by atoms with van der Waals surface area (Å²) in [5.74, 6) is -0.975. The molecule has 0 saturated heterocycles. The van der Waals surface area contributed by atoms with Crippen LogP contribution in [0.2, 0.25) is 0 Å². The molecular formula is C65H114O6. The molecule has 0 amide bonds. The molecule has 0 rings (SSSR count). The summed E-state index contributed by atoms with van der Waals surface area (Å²) in [6.07, 6.45) is 76.2. The van der Waals surface area contributed by atoms with Crippen LogP contribution < -0.4 is 0 Å². The van der Waals surface area contributed by atoms with Crippen LogP contribution in [-0.2, 0) is 28.6 Å². The maximum Gasteiger partial charge on any atom is 0.306 e. The summed E-state index contributed by atoms with van der Waals surface area (Å²) in [4.78, 5) is 38.2. The number of hydrogen-bond acceptors (Lipinski definition) is 6. The molecular weight excluding hydrogens is 877 g/mol. The Kier molecular flexibility index (Phi) is 56.8. The van der Waals surface area contributed by atoms with Crippen molar-refractivity contribution in [2.45, 2.75) is 309 Å². The fraction of sp³-hybridized carbons (Fsp3) is 0.769. The van der Waals surface area contributed by atoms with Crippen LogP contribution in [0, 0.1) is 0 Å². The standard InChI is InChI=1S/C65H114O6/c1-4-7-10-13-16-19-22-25-28-30-32-34-37-40-43-46-49-52-55-58-64(67)70-61-62(60-69-63(66)57-54-51-48-45-42-39-36-27-24-21-18-15-12-9-6-3)71-65(68)59-56-53-50-47-44-41-38-35-33-31-29-26-23-20-17-14-11-8-5-2/h17,20,25-26,28-29,33,35,41,44,50,53,62H,4-16,18-19,21-24,27,30-32,34,36-40,42-43,45-49,51-52,54-61H2,1-3H3/b20-17-,28-25-,29-26-,35-33-,44-41-,53-50-/t62-/m0/s1. The summed E-state index contributed by atoms with van der Waals surface area (Å²) < 4.78 is 16.8. The molecule has 0 N–H and O–H groups in total. The maximum absolute atomic E-state index is 12.8. The van der Waals surface area contributed by atoms with Gasteiger partial charge in [-0.3, -0.25) is 14.4 Å². The second kappa shape index (κ2) is 59.4. The van der Waals surface area contributed by atoms with E-state index in [2.05, 4.69) is 87.6 Å². The largest absolute Gasteiger partial charge is 0.462 e. The molecule has 0 aromatic carbocycles. The number of esters is 3. The molecule has 0 radical (unpaired) electrons. The molecule has 0 bridgehead atoms. The van der Waals surface area contributed by atoms with Crippen molar-refractivity contribution in [2.75, 3.05) is 13.2 Å². The molecule has 0 heterocycles. The molecule has 410 valence electrons.